The fraction of sp³-hybridized carbons (Fsp3) is 0.462. The summed E-state index contributed by atoms with van der Waals surface area (Å²) < 4.78 is 10.5. The minimum absolute atomic E-state index is 0. The Labute approximate surface area is 117 Å². The van der Waals surface area contributed by atoms with Crippen LogP contribution in [0.4, 0.5) is 11.4 Å². The number of ether oxygens (including phenoxy) is 2. The van der Waals surface area contributed by atoms with Crippen molar-refractivity contribution in [2.45, 2.75) is 19.8 Å². The number of rotatable bonds is 3. The van der Waals surface area contributed by atoms with Gasteiger partial charge in [0.2, 0.25) is 12.7 Å². The molecule has 1 amide bonds. The number of halogens is 1. The molecule has 0 saturated heterocycles. The number of hydrogen-bond acceptors (Lipinski definition) is 4. The molecule has 6 heteroatoms. The van der Waals surface area contributed by atoms with Gasteiger partial charge in [0.1, 0.15) is 0 Å². The Kier molecular flexibility index (Phi) is 3.75. The number of carbonyl (C=O) groups is 1. The fourth-order valence-electron chi connectivity index (χ4n) is 2.12. The van der Waals surface area contributed by atoms with Gasteiger partial charge in [-0.25, -0.2) is 0 Å². The number of benzene rings is 1. The SMILES string of the molecule is CC(C(=O)Nc1cc2c(cc1N)OCO2)C1CC1.Cl. The van der Waals surface area contributed by atoms with Crippen molar-refractivity contribution in [3.63, 3.8) is 0 Å². The van der Waals surface area contributed by atoms with Crippen molar-refractivity contribution in [1.82, 2.24) is 0 Å². The maximum Gasteiger partial charge on any atom is 0.231 e. The van der Waals surface area contributed by atoms with Crippen molar-refractivity contribution in [3.8, 4) is 11.5 Å². The number of anilines is 2. The summed E-state index contributed by atoms with van der Waals surface area (Å²) >= 11 is 0. The molecule has 3 N–H and O–H groups in total. The minimum atomic E-state index is 0. The van der Waals surface area contributed by atoms with Gasteiger partial charge in [-0.1, -0.05) is 6.92 Å². The van der Waals surface area contributed by atoms with E-state index in [2.05, 4.69) is 5.32 Å². The highest BCUT2D eigenvalue weighted by Crippen LogP contribution is 2.40. The molecule has 1 saturated carbocycles. The van der Waals surface area contributed by atoms with Crippen molar-refractivity contribution in [2.24, 2.45) is 11.8 Å². The molecule has 2 aliphatic rings. The van der Waals surface area contributed by atoms with Crippen LogP contribution in [0, 0.1) is 11.8 Å². The standard InChI is InChI=1S/C13H16N2O3.ClH/c1-7(8-2-3-8)13(16)15-10-5-12-11(4-9(10)14)17-6-18-12;/h4-5,7-8H,2-3,6,14H2,1H3,(H,15,16);1H. The summed E-state index contributed by atoms with van der Waals surface area (Å²) in [6.45, 7) is 2.15. The van der Waals surface area contributed by atoms with Crippen LogP contribution in [-0.2, 0) is 4.79 Å². The quantitative estimate of drug-likeness (QED) is 0.836. The largest absolute Gasteiger partial charge is 0.454 e. The van der Waals surface area contributed by atoms with E-state index in [4.69, 9.17) is 15.2 Å². The molecule has 1 fully saturated rings. The normalized spacial score (nSPS) is 17.5. The molecule has 1 heterocycles. The van der Waals surface area contributed by atoms with Crippen LogP contribution in [0.2, 0.25) is 0 Å². The van der Waals surface area contributed by atoms with Crippen LogP contribution in [-0.4, -0.2) is 12.7 Å². The second kappa shape index (κ2) is 5.17. The van der Waals surface area contributed by atoms with E-state index in [-0.39, 0.29) is 31.0 Å². The summed E-state index contributed by atoms with van der Waals surface area (Å²) in [5, 5.41) is 2.86. The van der Waals surface area contributed by atoms with Crippen LogP contribution in [0.25, 0.3) is 0 Å². The van der Waals surface area contributed by atoms with Crippen molar-refractivity contribution in [3.05, 3.63) is 12.1 Å². The van der Waals surface area contributed by atoms with Crippen LogP contribution in [0.15, 0.2) is 12.1 Å². The predicted octanol–water partition coefficient (Wildman–Crippen LogP) is 2.40. The van der Waals surface area contributed by atoms with E-state index >= 15 is 0 Å². The summed E-state index contributed by atoms with van der Waals surface area (Å²) in [5.41, 5.74) is 6.97. The van der Waals surface area contributed by atoms with Crippen molar-refractivity contribution >= 4 is 29.7 Å². The molecular weight excluding hydrogens is 268 g/mol. The van der Waals surface area contributed by atoms with Gasteiger partial charge < -0.3 is 20.5 Å². The van der Waals surface area contributed by atoms with E-state index in [0.29, 0.717) is 28.8 Å². The average molecular weight is 285 g/mol. The molecule has 1 atom stereocenters. The first-order valence-corrected chi connectivity index (χ1v) is 6.15. The van der Waals surface area contributed by atoms with E-state index in [1.54, 1.807) is 12.1 Å². The smallest absolute Gasteiger partial charge is 0.231 e. The molecule has 104 valence electrons. The topological polar surface area (TPSA) is 73.6 Å². The van der Waals surface area contributed by atoms with E-state index in [1.807, 2.05) is 6.92 Å². The first-order valence-electron chi connectivity index (χ1n) is 6.15. The van der Waals surface area contributed by atoms with Crippen LogP contribution >= 0.6 is 12.4 Å². The molecule has 5 nitrogen and oxygen atoms in total. The van der Waals surface area contributed by atoms with Gasteiger partial charge in [0.25, 0.3) is 0 Å². The number of nitrogen functional groups attached to an aromatic ring is 1. The first kappa shape index (κ1) is 13.8. The van der Waals surface area contributed by atoms with Crippen molar-refractivity contribution in [1.29, 1.82) is 0 Å². The molecule has 1 aromatic rings. The highest BCUT2D eigenvalue weighted by atomic mass is 35.5. The predicted molar refractivity (Wildman–Crippen MR) is 74.7 cm³/mol. The summed E-state index contributed by atoms with van der Waals surface area (Å²) in [6, 6.07) is 3.40. The van der Waals surface area contributed by atoms with E-state index in [9.17, 15) is 4.79 Å². The van der Waals surface area contributed by atoms with Crippen LogP contribution < -0.4 is 20.5 Å². The molecule has 3 rings (SSSR count). The lowest BCUT2D eigenvalue weighted by atomic mass is 10.1. The van der Waals surface area contributed by atoms with Gasteiger partial charge in [0, 0.05) is 18.1 Å². The molecule has 0 spiro atoms. The molecule has 1 aromatic carbocycles. The van der Waals surface area contributed by atoms with E-state index < -0.39 is 0 Å². The zero-order valence-electron chi connectivity index (χ0n) is 10.6. The highest BCUT2D eigenvalue weighted by Gasteiger charge is 2.32. The Balaban J connectivity index is 0.00000133. The monoisotopic (exact) mass is 284 g/mol. The summed E-state index contributed by atoms with van der Waals surface area (Å²) in [5.74, 6) is 1.83. The van der Waals surface area contributed by atoms with E-state index in [1.165, 1.54) is 0 Å². The molecule has 0 radical (unpaired) electrons. The van der Waals surface area contributed by atoms with Gasteiger partial charge in [-0.3, -0.25) is 4.79 Å². The maximum absolute atomic E-state index is 12.0. The number of nitrogens with two attached hydrogens (primary N) is 1. The molecule has 1 aliphatic carbocycles. The molecule has 0 bridgehead atoms. The van der Waals surface area contributed by atoms with E-state index in [0.717, 1.165) is 12.8 Å². The van der Waals surface area contributed by atoms with Crippen LogP contribution in [0.5, 0.6) is 11.5 Å². The Hall–Kier alpha value is -1.62. The number of amides is 1. The second-order valence-electron chi connectivity index (χ2n) is 4.91. The van der Waals surface area contributed by atoms with Crippen LogP contribution in [0.3, 0.4) is 0 Å². The number of hydrogen-bond donors (Lipinski definition) is 2. The Morgan fingerprint density at radius 2 is 2.00 bits per heavy atom. The third kappa shape index (κ3) is 2.71. The Bertz CT molecular complexity index is 503. The average Bonchev–Trinajstić information content (AvgIpc) is 3.10. The zero-order valence-corrected chi connectivity index (χ0v) is 11.5. The molecule has 0 aromatic heterocycles. The summed E-state index contributed by atoms with van der Waals surface area (Å²) in [4.78, 5) is 12.0. The number of carbonyl (C=O) groups excluding carboxylic acids is 1. The molecule has 1 unspecified atom stereocenters. The lowest BCUT2D eigenvalue weighted by Gasteiger charge is -2.13. The second-order valence-corrected chi connectivity index (χ2v) is 4.91. The van der Waals surface area contributed by atoms with Crippen LogP contribution in [0.1, 0.15) is 19.8 Å². The number of nitrogens with one attached hydrogen (secondary N) is 1. The van der Waals surface area contributed by atoms with Gasteiger partial charge in [0.15, 0.2) is 11.5 Å². The minimum Gasteiger partial charge on any atom is -0.454 e. The third-order valence-corrected chi connectivity index (χ3v) is 3.55. The first-order chi connectivity index (χ1) is 8.65. The number of fused-ring (bicyclic) bond motifs is 1. The van der Waals surface area contributed by atoms with Gasteiger partial charge in [-0.2, -0.15) is 0 Å². The molecule has 19 heavy (non-hydrogen) atoms. The van der Waals surface area contributed by atoms with Gasteiger partial charge in [-0.05, 0) is 18.8 Å². The lowest BCUT2D eigenvalue weighted by molar-refractivity contribution is -0.119. The van der Waals surface area contributed by atoms with Crippen molar-refractivity contribution < 1.29 is 14.3 Å². The van der Waals surface area contributed by atoms with Gasteiger partial charge in [-0.15, -0.1) is 12.4 Å². The Morgan fingerprint density at radius 1 is 1.37 bits per heavy atom. The maximum atomic E-state index is 12.0. The zero-order chi connectivity index (χ0) is 12.7. The van der Waals surface area contributed by atoms with Gasteiger partial charge >= 0.3 is 0 Å². The lowest BCUT2D eigenvalue weighted by Crippen LogP contribution is -2.22. The fourth-order valence-corrected chi connectivity index (χ4v) is 2.12. The Morgan fingerprint density at radius 3 is 2.63 bits per heavy atom. The highest BCUT2D eigenvalue weighted by molar-refractivity contribution is 5.96. The van der Waals surface area contributed by atoms with Gasteiger partial charge in [0.05, 0.1) is 11.4 Å². The molecular formula is C13H17ClN2O3. The molecule has 1 aliphatic heterocycles. The van der Waals surface area contributed by atoms with Crippen molar-refractivity contribution in [2.75, 3.05) is 17.8 Å². The summed E-state index contributed by atoms with van der Waals surface area (Å²) in [7, 11) is 0. The summed E-state index contributed by atoms with van der Waals surface area (Å²) in [6.07, 6.45) is 2.29. The third-order valence-electron chi connectivity index (χ3n) is 3.55.